The van der Waals surface area contributed by atoms with Crippen LogP contribution in [0.3, 0.4) is 0 Å². The van der Waals surface area contributed by atoms with E-state index in [4.69, 9.17) is 0 Å². The van der Waals surface area contributed by atoms with E-state index in [-0.39, 0.29) is 11.9 Å². The van der Waals surface area contributed by atoms with Gasteiger partial charge in [0.1, 0.15) is 6.33 Å². The van der Waals surface area contributed by atoms with Crippen LogP contribution in [0.25, 0.3) is 0 Å². The maximum Gasteiger partial charge on any atom is 0.248 e. The average Bonchev–Trinajstić information content (AvgIpc) is 3.10. The number of thioether (sulfide) groups is 1. The van der Waals surface area contributed by atoms with Crippen molar-refractivity contribution in [3.8, 4) is 0 Å². The maximum absolute atomic E-state index is 11.9. The van der Waals surface area contributed by atoms with Crippen molar-refractivity contribution in [2.45, 2.75) is 12.6 Å². The van der Waals surface area contributed by atoms with E-state index < -0.39 is 0 Å². The number of halogens is 1. The Labute approximate surface area is 134 Å². The van der Waals surface area contributed by atoms with Gasteiger partial charge in [0.2, 0.25) is 11.9 Å². The molecule has 2 heterocycles. The van der Waals surface area contributed by atoms with Crippen molar-refractivity contribution in [1.82, 2.24) is 20.1 Å². The molecule has 2 N–H and O–H groups in total. The topological polar surface area (TPSA) is 71.8 Å². The molecule has 1 atom stereocenters. The third-order valence-electron chi connectivity index (χ3n) is 3.04. The van der Waals surface area contributed by atoms with E-state index in [1.54, 1.807) is 22.8 Å². The van der Waals surface area contributed by atoms with Crippen LogP contribution < -0.4 is 10.6 Å². The fraction of sp³-hybridized carbons (Fsp3) is 0.308. The van der Waals surface area contributed by atoms with Crippen molar-refractivity contribution in [2.75, 3.05) is 16.9 Å². The van der Waals surface area contributed by atoms with Gasteiger partial charge >= 0.3 is 0 Å². The third kappa shape index (κ3) is 3.84. The quantitative estimate of drug-likeness (QED) is 0.860. The number of nitrogens with zero attached hydrogens (tertiary/aromatic N) is 3. The Balaban J connectivity index is 1.62. The molecule has 0 saturated carbocycles. The van der Waals surface area contributed by atoms with Gasteiger partial charge in [-0.15, -0.1) is 16.9 Å². The molecule has 0 aliphatic carbocycles. The Morgan fingerprint density at radius 3 is 3.24 bits per heavy atom. The molecule has 3 rings (SSSR count). The standard InChI is InChI=1S/C13H14BrN5OS/c14-10-3-1-2-9(4-10)5-19-7-15-13(18-19)17-12(20)11-6-21-8-16-11/h1-4,7,11,16H,5-6,8H2,(H,17,18,20). The van der Waals surface area contributed by atoms with E-state index in [1.165, 1.54) is 0 Å². The van der Waals surface area contributed by atoms with Crippen molar-refractivity contribution in [3.05, 3.63) is 40.6 Å². The maximum atomic E-state index is 11.9. The van der Waals surface area contributed by atoms with Gasteiger partial charge in [-0.2, -0.15) is 0 Å². The number of amides is 1. The highest BCUT2D eigenvalue weighted by molar-refractivity contribution is 9.10. The zero-order chi connectivity index (χ0) is 14.7. The summed E-state index contributed by atoms with van der Waals surface area (Å²) in [5.41, 5.74) is 1.11. The Morgan fingerprint density at radius 1 is 1.57 bits per heavy atom. The summed E-state index contributed by atoms with van der Waals surface area (Å²) in [5, 5.41) is 10.1. The van der Waals surface area contributed by atoms with Gasteiger partial charge in [0.15, 0.2) is 0 Å². The molecule has 0 radical (unpaired) electrons. The van der Waals surface area contributed by atoms with Gasteiger partial charge in [0.25, 0.3) is 0 Å². The van der Waals surface area contributed by atoms with E-state index in [0.717, 1.165) is 21.7 Å². The lowest BCUT2D eigenvalue weighted by atomic mass is 10.2. The number of carbonyl (C=O) groups excluding carboxylic acids is 1. The monoisotopic (exact) mass is 367 g/mol. The molecule has 1 fully saturated rings. The van der Waals surface area contributed by atoms with E-state index in [9.17, 15) is 4.79 Å². The van der Waals surface area contributed by atoms with E-state index in [0.29, 0.717) is 12.5 Å². The third-order valence-corrected chi connectivity index (χ3v) is 4.47. The lowest BCUT2D eigenvalue weighted by Gasteiger charge is -2.07. The minimum absolute atomic E-state index is 0.0831. The van der Waals surface area contributed by atoms with Gasteiger partial charge < -0.3 is 0 Å². The summed E-state index contributed by atoms with van der Waals surface area (Å²) in [6.07, 6.45) is 1.62. The molecule has 6 nitrogen and oxygen atoms in total. The second kappa shape index (κ2) is 6.59. The van der Waals surface area contributed by atoms with Gasteiger partial charge in [0.05, 0.1) is 12.6 Å². The number of hydrogen-bond donors (Lipinski definition) is 2. The number of rotatable bonds is 4. The molecular formula is C13H14BrN5OS. The Morgan fingerprint density at radius 2 is 2.48 bits per heavy atom. The Kier molecular flexibility index (Phi) is 4.57. The SMILES string of the molecule is O=C(Nc1ncn(Cc2cccc(Br)c2)n1)C1CSCN1. The molecule has 1 aromatic carbocycles. The van der Waals surface area contributed by atoms with E-state index >= 15 is 0 Å². The molecular weight excluding hydrogens is 354 g/mol. The smallest absolute Gasteiger partial charge is 0.248 e. The fourth-order valence-electron chi connectivity index (χ4n) is 2.01. The number of benzene rings is 1. The lowest BCUT2D eigenvalue weighted by molar-refractivity contribution is -0.117. The average molecular weight is 368 g/mol. The first kappa shape index (κ1) is 14.6. The van der Waals surface area contributed by atoms with Crippen LogP contribution in [-0.2, 0) is 11.3 Å². The summed E-state index contributed by atoms with van der Waals surface area (Å²) in [6, 6.07) is 7.84. The summed E-state index contributed by atoms with van der Waals surface area (Å²) in [7, 11) is 0. The molecule has 1 saturated heterocycles. The first-order chi connectivity index (χ1) is 10.2. The largest absolute Gasteiger partial charge is 0.296 e. The molecule has 21 heavy (non-hydrogen) atoms. The molecule has 1 aliphatic heterocycles. The summed E-state index contributed by atoms with van der Waals surface area (Å²) in [5.74, 6) is 1.85. The molecule has 8 heteroatoms. The van der Waals surface area contributed by atoms with Crippen molar-refractivity contribution in [3.63, 3.8) is 0 Å². The predicted octanol–water partition coefficient (Wildman–Crippen LogP) is 1.69. The minimum Gasteiger partial charge on any atom is -0.296 e. The van der Waals surface area contributed by atoms with Crippen molar-refractivity contribution >= 4 is 39.5 Å². The number of carbonyl (C=O) groups is 1. The molecule has 1 unspecified atom stereocenters. The summed E-state index contributed by atoms with van der Waals surface area (Å²) in [6.45, 7) is 0.611. The van der Waals surface area contributed by atoms with Crippen LogP contribution >= 0.6 is 27.7 Å². The van der Waals surface area contributed by atoms with Gasteiger partial charge in [-0.05, 0) is 17.7 Å². The summed E-state index contributed by atoms with van der Waals surface area (Å²) < 4.78 is 2.73. The number of aromatic nitrogens is 3. The number of anilines is 1. The number of nitrogens with one attached hydrogen (secondary N) is 2. The minimum atomic E-state index is -0.160. The fourth-order valence-corrected chi connectivity index (χ4v) is 3.40. The number of hydrogen-bond acceptors (Lipinski definition) is 5. The van der Waals surface area contributed by atoms with Crippen molar-refractivity contribution in [2.24, 2.45) is 0 Å². The highest BCUT2D eigenvalue weighted by atomic mass is 79.9. The Hall–Kier alpha value is -1.38. The van der Waals surface area contributed by atoms with Crippen LogP contribution in [0.1, 0.15) is 5.56 Å². The van der Waals surface area contributed by atoms with Crippen LogP contribution in [0.2, 0.25) is 0 Å². The second-order valence-corrected chi connectivity index (χ2v) is 6.60. The molecule has 2 aromatic rings. The predicted molar refractivity (Wildman–Crippen MR) is 86.1 cm³/mol. The first-order valence-corrected chi connectivity index (χ1v) is 8.41. The van der Waals surface area contributed by atoms with Crippen LogP contribution in [0, 0.1) is 0 Å². The van der Waals surface area contributed by atoms with E-state index in [1.807, 2.05) is 24.3 Å². The molecule has 110 valence electrons. The molecule has 1 amide bonds. The van der Waals surface area contributed by atoms with Gasteiger partial charge in [-0.25, -0.2) is 9.67 Å². The molecule has 1 aromatic heterocycles. The highest BCUT2D eigenvalue weighted by Crippen LogP contribution is 2.13. The van der Waals surface area contributed by atoms with Gasteiger partial charge in [-0.3, -0.25) is 15.4 Å². The lowest BCUT2D eigenvalue weighted by Crippen LogP contribution is -2.37. The van der Waals surface area contributed by atoms with Crippen molar-refractivity contribution in [1.29, 1.82) is 0 Å². The molecule has 0 bridgehead atoms. The summed E-state index contributed by atoms with van der Waals surface area (Å²) in [4.78, 5) is 16.1. The van der Waals surface area contributed by atoms with Gasteiger partial charge in [-0.1, -0.05) is 28.1 Å². The second-order valence-electron chi connectivity index (χ2n) is 4.66. The van der Waals surface area contributed by atoms with Crippen molar-refractivity contribution < 1.29 is 4.79 Å². The zero-order valence-electron chi connectivity index (χ0n) is 11.1. The van der Waals surface area contributed by atoms with Crippen LogP contribution in [0.15, 0.2) is 35.1 Å². The van der Waals surface area contributed by atoms with Gasteiger partial charge in [0, 0.05) is 16.1 Å². The summed E-state index contributed by atoms with van der Waals surface area (Å²) >= 11 is 5.15. The Bertz CT molecular complexity index is 641. The molecule has 1 aliphatic rings. The normalized spacial score (nSPS) is 17.9. The van der Waals surface area contributed by atoms with Crippen LogP contribution in [0.4, 0.5) is 5.95 Å². The van der Waals surface area contributed by atoms with Crippen LogP contribution in [0.5, 0.6) is 0 Å². The van der Waals surface area contributed by atoms with Crippen LogP contribution in [-0.4, -0.2) is 38.3 Å². The zero-order valence-corrected chi connectivity index (χ0v) is 13.5. The molecule has 0 spiro atoms. The highest BCUT2D eigenvalue weighted by Gasteiger charge is 2.23. The van der Waals surface area contributed by atoms with E-state index in [2.05, 4.69) is 36.6 Å². The first-order valence-electron chi connectivity index (χ1n) is 6.46.